The zero-order valence-electron chi connectivity index (χ0n) is 11.5. The molecule has 2 N–H and O–H groups in total. The molecule has 20 heavy (non-hydrogen) atoms. The van der Waals surface area contributed by atoms with Crippen molar-refractivity contribution < 1.29 is 23.8 Å². The zero-order valence-corrected chi connectivity index (χ0v) is 11.5. The molecule has 0 radical (unpaired) electrons. The molecular weight excluding hydrogens is 265 g/mol. The molecule has 0 atom stereocenters. The number of carboxylic acids is 1. The summed E-state index contributed by atoms with van der Waals surface area (Å²) in [5.41, 5.74) is -1.01. The van der Waals surface area contributed by atoms with Crippen molar-refractivity contribution >= 4 is 11.9 Å². The Morgan fingerprint density at radius 1 is 1.40 bits per heavy atom. The lowest BCUT2D eigenvalue weighted by molar-refractivity contribution is -0.146. The standard InChI is InChI=1S/C14H18FNO4/c1-14(2,13(18)19)9-16-12(17)6-7-20-11-5-3-4-10(15)8-11/h3-5,8H,6-7,9H2,1-2H3,(H,16,17)(H,18,19). The third-order valence-electron chi connectivity index (χ3n) is 2.70. The monoisotopic (exact) mass is 283 g/mol. The lowest BCUT2D eigenvalue weighted by atomic mass is 9.94. The predicted molar refractivity (Wildman–Crippen MR) is 70.9 cm³/mol. The molecular formula is C14H18FNO4. The van der Waals surface area contributed by atoms with Gasteiger partial charge in [-0.05, 0) is 26.0 Å². The van der Waals surface area contributed by atoms with Gasteiger partial charge in [-0.15, -0.1) is 0 Å². The van der Waals surface area contributed by atoms with Crippen molar-refractivity contribution in [1.82, 2.24) is 5.32 Å². The Morgan fingerprint density at radius 3 is 2.70 bits per heavy atom. The fourth-order valence-corrected chi connectivity index (χ4v) is 1.30. The van der Waals surface area contributed by atoms with Crippen LogP contribution in [0.15, 0.2) is 24.3 Å². The quantitative estimate of drug-likeness (QED) is 0.800. The molecule has 0 saturated heterocycles. The Bertz CT molecular complexity index is 488. The van der Waals surface area contributed by atoms with Crippen LogP contribution in [0.25, 0.3) is 0 Å². The molecule has 6 heteroatoms. The average Bonchev–Trinajstić information content (AvgIpc) is 2.36. The van der Waals surface area contributed by atoms with Crippen molar-refractivity contribution in [2.45, 2.75) is 20.3 Å². The second kappa shape index (κ2) is 6.88. The number of carboxylic acid groups (broad SMARTS) is 1. The van der Waals surface area contributed by atoms with E-state index < -0.39 is 17.2 Å². The lowest BCUT2D eigenvalue weighted by Gasteiger charge is -2.19. The van der Waals surface area contributed by atoms with E-state index in [9.17, 15) is 14.0 Å². The van der Waals surface area contributed by atoms with Crippen LogP contribution in [-0.2, 0) is 9.59 Å². The number of carbonyl (C=O) groups excluding carboxylic acids is 1. The van der Waals surface area contributed by atoms with Crippen LogP contribution in [0.3, 0.4) is 0 Å². The average molecular weight is 283 g/mol. The molecule has 1 amide bonds. The summed E-state index contributed by atoms with van der Waals surface area (Å²) in [7, 11) is 0. The molecule has 1 aromatic carbocycles. The Kier molecular flexibility index (Phi) is 5.49. The van der Waals surface area contributed by atoms with E-state index in [-0.39, 0.29) is 25.5 Å². The van der Waals surface area contributed by atoms with Gasteiger partial charge < -0.3 is 15.2 Å². The predicted octanol–water partition coefficient (Wildman–Crippen LogP) is 1.82. The number of rotatable bonds is 7. The molecule has 0 aliphatic carbocycles. The van der Waals surface area contributed by atoms with Gasteiger partial charge in [-0.25, -0.2) is 4.39 Å². The Morgan fingerprint density at radius 2 is 2.10 bits per heavy atom. The molecule has 0 heterocycles. The molecule has 1 rings (SSSR count). The highest BCUT2D eigenvalue weighted by atomic mass is 19.1. The van der Waals surface area contributed by atoms with Crippen LogP contribution in [0.2, 0.25) is 0 Å². The minimum Gasteiger partial charge on any atom is -0.493 e. The van der Waals surface area contributed by atoms with E-state index in [2.05, 4.69) is 5.32 Å². The van der Waals surface area contributed by atoms with Gasteiger partial charge in [-0.3, -0.25) is 9.59 Å². The van der Waals surface area contributed by atoms with Crippen LogP contribution >= 0.6 is 0 Å². The normalized spacial score (nSPS) is 10.9. The summed E-state index contributed by atoms with van der Waals surface area (Å²) in [6, 6.07) is 5.63. The van der Waals surface area contributed by atoms with E-state index in [1.807, 2.05) is 0 Å². The fraction of sp³-hybridized carbons (Fsp3) is 0.429. The number of carbonyl (C=O) groups is 2. The molecule has 0 bridgehead atoms. The summed E-state index contributed by atoms with van der Waals surface area (Å²) in [5, 5.41) is 11.4. The molecule has 0 aromatic heterocycles. The van der Waals surface area contributed by atoms with Crippen molar-refractivity contribution in [3.63, 3.8) is 0 Å². The number of aliphatic carboxylic acids is 1. The molecule has 0 aliphatic heterocycles. The number of amides is 1. The molecule has 0 saturated carbocycles. The van der Waals surface area contributed by atoms with Gasteiger partial charge in [0.15, 0.2) is 0 Å². The summed E-state index contributed by atoms with van der Waals surface area (Å²) in [5.74, 6) is -1.34. The van der Waals surface area contributed by atoms with Gasteiger partial charge in [0.2, 0.25) is 5.91 Å². The van der Waals surface area contributed by atoms with Crippen molar-refractivity contribution in [3.8, 4) is 5.75 Å². The first kappa shape index (κ1) is 15.9. The van der Waals surface area contributed by atoms with E-state index in [1.165, 1.54) is 32.0 Å². The van der Waals surface area contributed by atoms with E-state index in [0.29, 0.717) is 5.75 Å². The minimum absolute atomic E-state index is 0.0428. The molecule has 0 fully saturated rings. The summed E-state index contributed by atoms with van der Waals surface area (Å²) >= 11 is 0. The smallest absolute Gasteiger partial charge is 0.310 e. The minimum atomic E-state index is -1.01. The van der Waals surface area contributed by atoms with Gasteiger partial charge in [-0.2, -0.15) is 0 Å². The number of hydrogen-bond acceptors (Lipinski definition) is 3. The van der Waals surface area contributed by atoms with E-state index in [4.69, 9.17) is 9.84 Å². The third kappa shape index (κ3) is 5.26. The molecule has 0 aliphatic rings. The van der Waals surface area contributed by atoms with Crippen LogP contribution in [0, 0.1) is 11.2 Å². The van der Waals surface area contributed by atoms with Crippen molar-refractivity contribution in [1.29, 1.82) is 0 Å². The maximum absolute atomic E-state index is 12.9. The number of benzene rings is 1. The third-order valence-corrected chi connectivity index (χ3v) is 2.70. The number of nitrogens with one attached hydrogen (secondary N) is 1. The summed E-state index contributed by atoms with van der Waals surface area (Å²) in [6.07, 6.45) is 0.0756. The first-order valence-corrected chi connectivity index (χ1v) is 6.20. The highest BCUT2D eigenvalue weighted by Crippen LogP contribution is 2.13. The molecule has 0 spiro atoms. The largest absolute Gasteiger partial charge is 0.493 e. The van der Waals surface area contributed by atoms with Crippen LogP contribution < -0.4 is 10.1 Å². The van der Waals surface area contributed by atoms with Crippen LogP contribution in [0.5, 0.6) is 5.75 Å². The summed E-state index contributed by atoms with van der Waals surface area (Å²) < 4.78 is 18.1. The maximum Gasteiger partial charge on any atom is 0.310 e. The van der Waals surface area contributed by atoms with Gasteiger partial charge in [0.25, 0.3) is 0 Å². The van der Waals surface area contributed by atoms with Gasteiger partial charge >= 0.3 is 5.97 Å². The Labute approximate surface area is 116 Å². The highest BCUT2D eigenvalue weighted by molar-refractivity contribution is 5.78. The number of ether oxygens (including phenoxy) is 1. The number of hydrogen-bond donors (Lipinski definition) is 2. The topological polar surface area (TPSA) is 75.6 Å². The molecule has 1 aromatic rings. The van der Waals surface area contributed by atoms with Crippen LogP contribution in [-0.4, -0.2) is 30.1 Å². The first-order valence-electron chi connectivity index (χ1n) is 6.20. The van der Waals surface area contributed by atoms with Gasteiger partial charge in [-0.1, -0.05) is 6.07 Å². The molecule has 0 unspecified atom stereocenters. The van der Waals surface area contributed by atoms with Gasteiger partial charge in [0.1, 0.15) is 11.6 Å². The molecule has 5 nitrogen and oxygen atoms in total. The Hall–Kier alpha value is -2.11. The lowest BCUT2D eigenvalue weighted by Crippen LogP contribution is -2.39. The highest BCUT2D eigenvalue weighted by Gasteiger charge is 2.27. The van der Waals surface area contributed by atoms with Crippen molar-refractivity contribution in [2.24, 2.45) is 5.41 Å². The van der Waals surface area contributed by atoms with E-state index >= 15 is 0 Å². The first-order chi connectivity index (χ1) is 9.31. The Balaban J connectivity index is 2.29. The van der Waals surface area contributed by atoms with Crippen LogP contribution in [0.1, 0.15) is 20.3 Å². The fourth-order valence-electron chi connectivity index (χ4n) is 1.30. The van der Waals surface area contributed by atoms with Crippen molar-refractivity contribution in [2.75, 3.05) is 13.2 Å². The van der Waals surface area contributed by atoms with Crippen LogP contribution in [0.4, 0.5) is 4.39 Å². The maximum atomic E-state index is 12.9. The van der Waals surface area contributed by atoms with E-state index in [0.717, 1.165) is 0 Å². The van der Waals surface area contributed by atoms with E-state index in [1.54, 1.807) is 6.07 Å². The molecule has 110 valence electrons. The zero-order chi connectivity index (χ0) is 15.2. The second-order valence-corrected chi connectivity index (χ2v) is 5.02. The van der Waals surface area contributed by atoms with Gasteiger partial charge in [0, 0.05) is 12.6 Å². The number of halogens is 1. The summed E-state index contributed by atoms with van der Waals surface area (Å²) in [4.78, 5) is 22.4. The van der Waals surface area contributed by atoms with Crippen molar-refractivity contribution in [3.05, 3.63) is 30.1 Å². The van der Waals surface area contributed by atoms with Gasteiger partial charge in [0.05, 0.1) is 18.4 Å². The second-order valence-electron chi connectivity index (χ2n) is 5.02. The SMILES string of the molecule is CC(C)(CNC(=O)CCOc1cccc(F)c1)C(=O)O. The summed E-state index contributed by atoms with van der Waals surface area (Å²) in [6.45, 7) is 3.20.